The van der Waals surface area contributed by atoms with Crippen LogP contribution in [0.15, 0.2) is 12.1 Å². The third kappa shape index (κ3) is 2.00. The van der Waals surface area contributed by atoms with Gasteiger partial charge in [-0.25, -0.2) is 0 Å². The molecule has 0 aliphatic heterocycles. The van der Waals surface area contributed by atoms with Crippen molar-refractivity contribution in [2.75, 3.05) is 5.73 Å². The minimum Gasteiger partial charge on any atom is -0.382 e. The maximum Gasteiger partial charge on any atom is 0.146 e. The molecule has 0 spiro atoms. The Labute approximate surface area is 101 Å². The highest BCUT2D eigenvalue weighted by Crippen LogP contribution is 2.26. The first-order valence-electron chi connectivity index (χ1n) is 5.81. The van der Waals surface area contributed by atoms with Crippen LogP contribution in [0.2, 0.25) is 0 Å². The Bertz CT molecular complexity index is 512. The second-order valence-corrected chi connectivity index (χ2v) is 3.94. The van der Waals surface area contributed by atoms with E-state index in [0.717, 1.165) is 29.8 Å². The van der Waals surface area contributed by atoms with Gasteiger partial charge in [-0.2, -0.15) is 5.10 Å². The molecule has 2 rings (SSSR count). The van der Waals surface area contributed by atoms with Crippen LogP contribution < -0.4 is 5.73 Å². The van der Waals surface area contributed by atoms with Crippen LogP contribution in [-0.2, 0) is 19.9 Å². The van der Waals surface area contributed by atoms with Crippen LogP contribution in [0, 0.1) is 0 Å². The number of nitrogens with two attached hydrogens (primary N) is 1. The summed E-state index contributed by atoms with van der Waals surface area (Å²) in [5.74, 6) is 0.439. The minimum absolute atomic E-state index is 0.439. The predicted octanol–water partition coefficient (Wildman–Crippen LogP) is 1.58. The van der Waals surface area contributed by atoms with E-state index >= 15 is 0 Å². The summed E-state index contributed by atoms with van der Waals surface area (Å²) in [5.41, 5.74) is 9.75. The monoisotopic (exact) mass is 231 g/mol. The Balaban J connectivity index is 2.60. The number of nitrogen functional groups attached to an aromatic ring is 1. The van der Waals surface area contributed by atoms with E-state index in [0.29, 0.717) is 5.82 Å². The van der Waals surface area contributed by atoms with Gasteiger partial charge >= 0.3 is 0 Å². The minimum atomic E-state index is 0.439. The molecule has 0 unspecified atom stereocenters. The predicted molar refractivity (Wildman–Crippen MR) is 67.4 cm³/mol. The van der Waals surface area contributed by atoms with Crippen LogP contribution in [0.5, 0.6) is 0 Å². The first-order valence-corrected chi connectivity index (χ1v) is 5.81. The van der Waals surface area contributed by atoms with Crippen molar-refractivity contribution in [3.05, 3.63) is 23.5 Å². The maximum atomic E-state index is 5.56. The summed E-state index contributed by atoms with van der Waals surface area (Å²) in [6, 6.07) is 3.67. The lowest BCUT2D eigenvalue weighted by molar-refractivity contribution is 0.705. The van der Waals surface area contributed by atoms with E-state index in [1.165, 1.54) is 5.69 Å². The van der Waals surface area contributed by atoms with Crippen molar-refractivity contribution in [3.63, 3.8) is 0 Å². The fourth-order valence-electron chi connectivity index (χ4n) is 2.04. The Morgan fingerprint density at radius 2 is 1.94 bits per heavy atom. The topological polar surface area (TPSA) is 69.6 Å². The second kappa shape index (κ2) is 4.53. The van der Waals surface area contributed by atoms with Crippen LogP contribution in [-0.4, -0.2) is 20.0 Å². The zero-order valence-electron chi connectivity index (χ0n) is 10.4. The van der Waals surface area contributed by atoms with Gasteiger partial charge in [0.25, 0.3) is 0 Å². The van der Waals surface area contributed by atoms with Crippen LogP contribution >= 0.6 is 0 Å². The van der Waals surface area contributed by atoms with Crippen LogP contribution in [0.3, 0.4) is 0 Å². The van der Waals surface area contributed by atoms with Gasteiger partial charge in [0.1, 0.15) is 5.82 Å². The summed E-state index contributed by atoms with van der Waals surface area (Å²) in [6.07, 6.45) is 1.81. The van der Waals surface area contributed by atoms with Gasteiger partial charge in [-0.3, -0.25) is 4.68 Å². The smallest absolute Gasteiger partial charge is 0.146 e. The molecule has 0 aliphatic carbocycles. The average molecular weight is 231 g/mol. The maximum absolute atomic E-state index is 5.56. The molecule has 0 saturated heterocycles. The van der Waals surface area contributed by atoms with Gasteiger partial charge in [0.15, 0.2) is 0 Å². The highest BCUT2D eigenvalue weighted by Gasteiger charge is 2.16. The van der Waals surface area contributed by atoms with E-state index in [1.807, 2.05) is 17.8 Å². The molecule has 2 aromatic heterocycles. The summed E-state index contributed by atoms with van der Waals surface area (Å²) in [5, 5.41) is 12.6. The van der Waals surface area contributed by atoms with Gasteiger partial charge in [-0.05, 0) is 25.0 Å². The number of aromatic nitrogens is 4. The van der Waals surface area contributed by atoms with Crippen molar-refractivity contribution < 1.29 is 0 Å². The van der Waals surface area contributed by atoms with Crippen molar-refractivity contribution in [2.24, 2.45) is 7.05 Å². The molecule has 5 nitrogen and oxygen atoms in total. The number of anilines is 1. The summed E-state index contributed by atoms with van der Waals surface area (Å²) in [7, 11) is 1.96. The number of rotatable bonds is 3. The summed E-state index contributed by atoms with van der Waals surface area (Å²) in [4.78, 5) is 0. The molecule has 0 fully saturated rings. The molecule has 5 heteroatoms. The van der Waals surface area contributed by atoms with E-state index < -0.39 is 0 Å². The van der Waals surface area contributed by atoms with Crippen molar-refractivity contribution in [1.82, 2.24) is 20.0 Å². The molecule has 0 aliphatic rings. The van der Waals surface area contributed by atoms with Gasteiger partial charge in [0.05, 0.1) is 11.4 Å². The van der Waals surface area contributed by atoms with Gasteiger partial charge in [-0.1, -0.05) is 13.8 Å². The quantitative estimate of drug-likeness (QED) is 0.870. The molecule has 2 heterocycles. The van der Waals surface area contributed by atoms with Crippen molar-refractivity contribution >= 4 is 5.82 Å². The van der Waals surface area contributed by atoms with E-state index in [2.05, 4.69) is 29.1 Å². The molecular weight excluding hydrogens is 214 g/mol. The molecule has 17 heavy (non-hydrogen) atoms. The molecule has 0 aromatic carbocycles. The van der Waals surface area contributed by atoms with Crippen LogP contribution in [0.25, 0.3) is 11.3 Å². The van der Waals surface area contributed by atoms with E-state index in [9.17, 15) is 0 Å². The van der Waals surface area contributed by atoms with Crippen molar-refractivity contribution in [2.45, 2.75) is 26.7 Å². The molecule has 2 aromatic rings. The lowest BCUT2D eigenvalue weighted by Gasteiger charge is -2.03. The molecule has 2 N–H and O–H groups in total. The fourth-order valence-corrected chi connectivity index (χ4v) is 2.04. The lowest BCUT2D eigenvalue weighted by Crippen LogP contribution is -1.99. The third-order valence-corrected chi connectivity index (χ3v) is 2.85. The van der Waals surface area contributed by atoms with E-state index in [4.69, 9.17) is 5.73 Å². The fraction of sp³-hybridized carbons (Fsp3) is 0.417. The summed E-state index contributed by atoms with van der Waals surface area (Å²) >= 11 is 0. The molecule has 0 bridgehead atoms. The van der Waals surface area contributed by atoms with E-state index in [-0.39, 0.29) is 0 Å². The Kier molecular flexibility index (Phi) is 3.08. The van der Waals surface area contributed by atoms with Gasteiger partial charge in [-0.15, -0.1) is 10.2 Å². The SMILES string of the molecule is CCc1nn(C)c(CC)c1-c1ccc(N)nn1. The number of hydrogen-bond donors (Lipinski definition) is 1. The number of hydrogen-bond acceptors (Lipinski definition) is 4. The molecule has 0 atom stereocenters. The first kappa shape index (κ1) is 11.6. The largest absolute Gasteiger partial charge is 0.382 e. The first-order chi connectivity index (χ1) is 8.17. The second-order valence-electron chi connectivity index (χ2n) is 3.94. The van der Waals surface area contributed by atoms with Gasteiger partial charge < -0.3 is 5.73 Å². The molecule has 0 radical (unpaired) electrons. The lowest BCUT2D eigenvalue weighted by atomic mass is 10.1. The Morgan fingerprint density at radius 1 is 1.18 bits per heavy atom. The third-order valence-electron chi connectivity index (χ3n) is 2.85. The van der Waals surface area contributed by atoms with Gasteiger partial charge in [0, 0.05) is 18.3 Å². The molecular formula is C12H17N5. The summed E-state index contributed by atoms with van der Waals surface area (Å²) in [6.45, 7) is 4.21. The highest BCUT2D eigenvalue weighted by molar-refractivity contribution is 5.65. The zero-order chi connectivity index (χ0) is 12.4. The molecule has 90 valence electrons. The standard InChI is InChI=1S/C12H17N5/c1-4-8-12(10(5-2)17(3)16-8)9-6-7-11(13)15-14-9/h6-7H,4-5H2,1-3H3,(H2,13,15). The normalized spacial score (nSPS) is 10.8. The van der Waals surface area contributed by atoms with Crippen molar-refractivity contribution in [1.29, 1.82) is 0 Å². The Morgan fingerprint density at radius 3 is 2.47 bits per heavy atom. The van der Waals surface area contributed by atoms with Crippen molar-refractivity contribution in [3.8, 4) is 11.3 Å². The Hall–Kier alpha value is -1.91. The molecule has 0 saturated carbocycles. The number of nitrogens with zero attached hydrogens (tertiary/aromatic N) is 4. The number of aryl methyl sites for hydroxylation is 2. The molecule has 0 amide bonds. The average Bonchev–Trinajstić information content (AvgIpc) is 2.66. The zero-order valence-corrected chi connectivity index (χ0v) is 10.4. The van der Waals surface area contributed by atoms with Crippen LogP contribution in [0.1, 0.15) is 25.2 Å². The van der Waals surface area contributed by atoms with Crippen LogP contribution in [0.4, 0.5) is 5.82 Å². The summed E-state index contributed by atoms with van der Waals surface area (Å²) < 4.78 is 1.92. The van der Waals surface area contributed by atoms with E-state index in [1.54, 1.807) is 6.07 Å². The van der Waals surface area contributed by atoms with Gasteiger partial charge in [0.2, 0.25) is 0 Å². The highest BCUT2D eigenvalue weighted by atomic mass is 15.3.